The van der Waals surface area contributed by atoms with E-state index in [2.05, 4.69) is 249 Å². The fraction of sp³-hybridized carbons (Fsp3) is 0.194. The second-order valence-corrected chi connectivity index (χ2v) is 23.0. The van der Waals surface area contributed by atoms with E-state index in [1.807, 2.05) is 0 Å². The van der Waals surface area contributed by atoms with Gasteiger partial charge < -0.3 is 4.90 Å². The summed E-state index contributed by atoms with van der Waals surface area (Å²) < 4.78 is 0. The molecule has 0 amide bonds. The number of benzene rings is 10. The summed E-state index contributed by atoms with van der Waals surface area (Å²) in [7, 11) is 0. The predicted octanol–water partition coefficient (Wildman–Crippen LogP) is 18.8. The second kappa shape index (κ2) is 16.1. The topological polar surface area (TPSA) is 3.24 Å². The van der Waals surface area contributed by atoms with Gasteiger partial charge in [0.2, 0.25) is 0 Å². The van der Waals surface area contributed by atoms with Crippen molar-refractivity contribution >= 4 is 27.8 Å². The lowest BCUT2D eigenvalue weighted by Crippen LogP contribution is -2.48. The van der Waals surface area contributed by atoms with Crippen LogP contribution in [0.25, 0.3) is 55.3 Å². The van der Waals surface area contributed by atoms with Crippen LogP contribution in [0.4, 0.5) is 17.1 Å². The smallest absolute Gasteiger partial charge is 0.0713 e. The molecule has 0 N–H and O–H groups in total. The Kier molecular flexibility index (Phi) is 9.48. The Balaban J connectivity index is 0.958. The summed E-state index contributed by atoms with van der Waals surface area (Å²) in [6.45, 7) is 4.80. The van der Waals surface area contributed by atoms with Crippen molar-refractivity contribution in [3.05, 3.63) is 269 Å². The Morgan fingerprint density at radius 3 is 1.51 bits per heavy atom. The van der Waals surface area contributed by atoms with Crippen molar-refractivity contribution in [1.82, 2.24) is 0 Å². The first kappa shape index (κ1) is 42.9. The van der Waals surface area contributed by atoms with Crippen LogP contribution in [-0.4, -0.2) is 0 Å². The maximum atomic E-state index is 2.60. The summed E-state index contributed by atoms with van der Waals surface area (Å²) in [6, 6.07) is 88.0. The first-order chi connectivity index (χ1) is 35.9. The fourth-order valence-corrected chi connectivity index (χ4v) is 16.1. The van der Waals surface area contributed by atoms with Gasteiger partial charge in [0.25, 0.3) is 0 Å². The van der Waals surface area contributed by atoms with Gasteiger partial charge in [0.15, 0.2) is 0 Å². The molecule has 352 valence electrons. The Labute approximate surface area is 430 Å². The molecule has 4 fully saturated rings. The predicted molar refractivity (Wildman–Crippen MR) is 304 cm³/mol. The number of hydrogen-bond acceptors (Lipinski definition) is 1. The van der Waals surface area contributed by atoms with Crippen molar-refractivity contribution in [1.29, 1.82) is 0 Å². The van der Waals surface area contributed by atoms with Crippen LogP contribution in [0.2, 0.25) is 0 Å². The van der Waals surface area contributed by atoms with E-state index < -0.39 is 5.41 Å². The minimum atomic E-state index is -0.475. The number of hydrogen-bond donors (Lipinski definition) is 0. The molecule has 0 unspecified atom stereocenters. The highest BCUT2D eigenvalue weighted by atomic mass is 15.1. The Hall–Kier alpha value is -7.74. The van der Waals surface area contributed by atoms with Crippen LogP contribution in [0, 0.1) is 17.8 Å². The lowest BCUT2D eigenvalue weighted by atomic mass is 9.47. The molecule has 6 aliphatic rings. The highest BCUT2D eigenvalue weighted by molar-refractivity contribution is 6.06. The van der Waals surface area contributed by atoms with E-state index in [0.29, 0.717) is 0 Å². The number of fused-ring (bicyclic) bond motifs is 7. The first-order valence-corrected chi connectivity index (χ1v) is 27.0. The molecule has 0 aliphatic heterocycles. The molecule has 6 aliphatic carbocycles. The van der Waals surface area contributed by atoms with Crippen LogP contribution < -0.4 is 4.90 Å². The van der Waals surface area contributed by atoms with Gasteiger partial charge in [-0.1, -0.05) is 208 Å². The summed E-state index contributed by atoms with van der Waals surface area (Å²) in [6.07, 6.45) is 8.25. The number of anilines is 3. The maximum absolute atomic E-state index is 2.60. The highest BCUT2D eigenvalue weighted by Gasteiger charge is 2.55. The van der Waals surface area contributed by atoms with E-state index in [-0.39, 0.29) is 10.8 Å². The molecule has 0 spiro atoms. The normalized spacial score (nSPS) is 21.1. The minimum absolute atomic E-state index is 0.142. The van der Waals surface area contributed by atoms with E-state index in [4.69, 9.17) is 0 Å². The molecule has 16 rings (SSSR count). The summed E-state index contributed by atoms with van der Waals surface area (Å²) in [5.41, 5.74) is 23.4. The van der Waals surface area contributed by atoms with Gasteiger partial charge in [0.1, 0.15) is 0 Å². The summed E-state index contributed by atoms with van der Waals surface area (Å²) >= 11 is 0. The minimum Gasteiger partial charge on any atom is -0.310 e. The lowest BCUT2D eigenvalue weighted by molar-refractivity contribution is -0.00493. The zero-order chi connectivity index (χ0) is 48.5. The van der Waals surface area contributed by atoms with Crippen molar-refractivity contribution in [2.45, 2.75) is 68.6 Å². The lowest BCUT2D eigenvalue weighted by Gasteiger charge is -2.57. The molecule has 4 bridgehead atoms. The highest BCUT2D eigenvalue weighted by Crippen LogP contribution is 2.66. The van der Waals surface area contributed by atoms with Crippen LogP contribution >= 0.6 is 0 Å². The fourth-order valence-electron chi connectivity index (χ4n) is 16.1. The van der Waals surface area contributed by atoms with E-state index in [0.717, 1.165) is 23.4 Å². The van der Waals surface area contributed by atoms with Gasteiger partial charge in [-0.15, -0.1) is 0 Å². The second-order valence-electron chi connectivity index (χ2n) is 23.0. The van der Waals surface area contributed by atoms with Crippen molar-refractivity contribution in [2.75, 3.05) is 4.90 Å². The molecular formula is C72H59N. The quantitative estimate of drug-likeness (QED) is 0.147. The molecule has 10 aromatic carbocycles. The van der Waals surface area contributed by atoms with Gasteiger partial charge in [-0.05, 0) is 192 Å². The zero-order valence-corrected chi connectivity index (χ0v) is 41.9. The molecule has 4 saturated carbocycles. The SMILES string of the molecule is CC1(C)c2ccccc2-c2ccc(N(c3ccc(-c4cccc5cccc(-c6ccccc6)c45)cc3)c3ccc4c(c3)-c3c(C56CC7CC(CC(C7)C5)C6)cccc3C4(c3ccccc3)c3ccccc3)cc21. The molecule has 0 radical (unpaired) electrons. The molecule has 0 saturated heterocycles. The largest absolute Gasteiger partial charge is 0.310 e. The standard InChI is InChI=1S/C72H59N/c1-70(2)63-28-13-12-25-60(63)61-37-35-57(43-67(61)70)73(55-33-31-51(32-34-55)59-27-15-20-52-19-14-26-58(68(52)59)50-17-6-3-7-18-50)56-36-38-64-62(42-56)69-65(71-44-47-39-48(45-71)41-49(40-47)46-71)29-16-30-66(69)72(64,53-21-8-4-9-22-53)54-23-10-5-11-24-54/h3-38,42-43,47-49H,39-41,44-46H2,1-2H3. The van der Waals surface area contributed by atoms with Crippen molar-refractivity contribution in [3.8, 4) is 44.5 Å². The van der Waals surface area contributed by atoms with Crippen LogP contribution in [0.5, 0.6) is 0 Å². The average molecular weight is 938 g/mol. The van der Waals surface area contributed by atoms with Crippen LogP contribution in [0.1, 0.15) is 91.3 Å². The Morgan fingerprint density at radius 1 is 0.356 bits per heavy atom. The summed E-state index contributed by atoms with van der Waals surface area (Å²) in [5.74, 6) is 2.53. The van der Waals surface area contributed by atoms with Gasteiger partial charge in [-0.3, -0.25) is 0 Å². The molecule has 1 nitrogen and oxygen atoms in total. The molecule has 0 atom stereocenters. The van der Waals surface area contributed by atoms with E-state index in [9.17, 15) is 0 Å². The van der Waals surface area contributed by atoms with Crippen molar-refractivity contribution in [3.63, 3.8) is 0 Å². The van der Waals surface area contributed by atoms with Crippen LogP contribution in [0.15, 0.2) is 231 Å². The van der Waals surface area contributed by atoms with Gasteiger partial charge in [0.05, 0.1) is 5.41 Å². The van der Waals surface area contributed by atoms with Gasteiger partial charge in [0, 0.05) is 22.5 Å². The maximum Gasteiger partial charge on any atom is 0.0713 e. The zero-order valence-electron chi connectivity index (χ0n) is 41.9. The average Bonchev–Trinajstić information content (AvgIpc) is 3.86. The number of rotatable bonds is 8. The van der Waals surface area contributed by atoms with E-state index in [1.165, 1.54) is 139 Å². The molecule has 10 aromatic rings. The molecular weight excluding hydrogens is 879 g/mol. The van der Waals surface area contributed by atoms with Crippen molar-refractivity contribution in [2.24, 2.45) is 17.8 Å². The summed E-state index contributed by atoms with van der Waals surface area (Å²) in [4.78, 5) is 2.56. The first-order valence-electron chi connectivity index (χ1n) is 27.0. The molecule has 73 heavy (non-hydrogen) atoms. The molecule has 1 heteroatoms. The Morgan fingerprint density at radius 2 is 0.849 bits per heavy atom. The third-order valence-corrected chi connectivity index (χ3v) is 18.7. The molecule has 0 heterocycles. The van der Waals surface area contributed by atoms with Gasteiger partial charge in [-0.25, -0.2) is 0 Å². The van der Waals surface area contributed by atoms with Gasteiger partial charge >= 0.3 is 0 Å². The van der Waals surface area contributed by atoms with Crippen LogP contribution in [-0.2, 0) is 16.2 Å². The third kappa shape index (κ3) is 6.34. The summed E-state index contributed by atoms with van der Waals surface area (Å²) in [5, 5.41) is 2.54. The monoisotopic (exact) mass is 937 g/mol. The van der Waals surface area contributed by atoms with Crippen molar-refractivity contribution < 1.29 is 0 Å². The number of nitrogens with zero attached hydrogens (tertiary/aromatic N) is 1. The van der Waals surface area contributed by atoms with E-state index in [1.54, 1.807) is 5.56 Å². The Bertz CT molecular complexity index is 3710. The molecule has 0 aromatic heterocycles. The van der Waals surface area contributed by atoms with E-state index >= 15 is 0 Å². The van der Waals surface area contributed by atoms with Gasteiger partial charge in [-0.2, -0.15) is 0 Å². The van der Waals surface area contributed by atoms with Crippen LogP contribution in [0.3, 0.4) is 0 Å². The third-order valence-electron chi connectivity index (χ3n) is 18.7.